The van der Waals surface area contributed by atoms with Crippen LogP contribution in [0, 0.1) is 0 Å². The highest BCUT2D eigenvalue weighted by Gasteiger charge is 2.54. The summed E-state index contributed by atoms with van der Waals surface area (Å²) in [7, 11) is 1.61. The summed E-state index contributed by atoms with van der Waals surface area (Å²) < 4.78 is 5.28. The van der Waals surface area contributed by atoms with E-state index in [1.807, 2.05) is 24.3 Å². The lowest BCUT2D eigenvalue weighted by atomic mass is 10.1. The van der Waals surface area contributed by atoms with E-state index in [1.165, 1.54) is 0 Å². The minimum Gasteiger partial charge on any atom is -0.496 e. The summed E-state index contributed by atoms with van der Waals surface area (Å²) in [5, 5.41) is 2.96. The van der Waals surface area contributed by atoms with Crippen LogP contribution in [0.1, 0.15) is 18.4 Å². The molecule has 1 N–H and O–H groups in total. The largest absolute Gasteiger partial charge is 0.496 e. The molecule has 2 fully saturated rings. The summed E-state index contributed by atoms with van der Waals surface area (Å²) in [5.74, 6) is 1.61. The van der Waals surface area contributed by atoms with E-state index in [-0.39, 0.29) is 11.8 Å². The van der Waals surface area contributed by atoms with Crippen LogP contribution in [0.4, 0.5) is 0 Å². The minimum absolute atomic E-state index is 0.0678. The Labute approximate surface area is 128 Å². The van der Waals surface area contributed by atoms with Gasteiger partial charge in [-0.25, -0.2) is 0 Å². The lowest BCUT2D eigenvalue weighted by molar-refractivity contribution is -0.135. The fourth-order valence-corrected chi connectivity index (χ4v) is 4.38. The van der Waals surface area contributed by atoms with E-state index in [2.05, 4.69) is 5.32 Å². The molecule has 0 saturated carbocycles. The smallest absolute Gasteiger partial charge is 0.256 e. The number of methoxy groups -OCH3 is 1. The van der Waals surface area contributed by atoms with Gasteiger partial charge in [0.15, 0.2) is 4.87 Å². The zero-order valence-electron chi connectivity index (χ0n) is 11.9. The maximum Gasteiger partial charge on any atom is 0.256 e. The molecule has 1 atom stereocenters. The Morgan fingerprint density at radius 3 is 3.10 bits per heavy atom. The van der Waals surface area contributed by atoms with Gasteiger partial charge in [0.05, 0.1) is 7.11 Å². The van der Waals surface area contributed by atoms with Crippen molar-refractivity contribution in [3.63, 3.8) is 0 Å². The SMILES string of the molecule is COc1ccccc1CNC(=O)[C@@]12CCC(=O)N1CCS2. The summed E-state index contributed by atoms with van der Waals surface area (Å²) in [5.41, 5.74) is 0.934. The van der Waals surface area contributed by atoms with Gasteiger partial charge in [-0.2, -0.15) is 0 Å². The van der Waals surface area contributed by atoms with Gasteiger partial charge in [0.1, 0.15) is 5.75 Å². The van der Waals surface area contributed by atoms with Crippen LogP contribution >= 0.6 is 11.8 Å². The van der Waals surface area contributed by atoms with Crippen LogP contribution in [0.5, 0.6) is 5.75 Å². The number of ether oxygens (including phenoxy) is 1. The molecule has 0 bridgehead atoms. The molecule has 2 amide bonds. The van der Waals surface area contributed by atoms with Crippen molar-refractivity contribution in [3.8, 4) is 5.75 Å². The predicted molar refractivity (Wildman–Crippen MR) is 81.0 cm³/mol. The standard InChI is InChI=1S/C15H18N2O3S/c1-20-12-5-3-2-4-11(12)10-16-14(19)15-7-6-13(18)17(15)8-9-21-15/h2-5H,6-10H2,1H3,(H,16,19)/t15-/m0/s1. The molecule has 2 heterocycles. The molecule has 21 heavy (non-hydrogen) atoms. The number of nitrogens with zero attached hydrogens (tertiary/aromatic N) is 1. The molecular formula is C15H18N2O3S. The number of para-hydroxylation sites is 1. The van der Waals surface area contributed by atoms with Gasteiger partial charge >= 0.3 is 0 Å². The highest BCUT2D eigenvalue weighted by molar-refractivity contribution is 8.01. The zero-order valence-corrected chi connectivity index (χ0v) is 12.7. The number of rotatable bonds is 4. The van der Waals surface area contributed by atoms with Gasteiger partial charge < -0.3 is 15.0 Å². The second-order valence-electron chi connectivity index (χ2n) is 5.17. The van der Waals surface area contributed by atoms with Gasteiger partial charge in [0.25, 0.3) is 5.91 Å². The molecule has 1 aromatic rings. The number of amides is 2. The first-order chi connectivity index (χ1) is 10.2. The Bertz CT molecular complexity index is 578. The molecule has 6 heteroatoms. The third-order valence-electron chi connectivity index (χ3n) is 4.06. The number of carbonyl (C=O) groups is 2. The molecule has 3 rings (SSSR count). The fourth-order valence-electron chi connectivity index (χ4n) is 2.97. The van der Waals surface area contributed by atoms with Gasteiger partial charge in [-0.15, -0.1) is 11.8 Å². The molecule has 0 aliphatic carbocycles. The average Bonchev–Trinajstić information content (AvgIpc) is 3.07. The van der Waals surface area contributed by atoms with Crippen LogP contribution < -0.4 is 10.1 Å². The Kier molecular flexibility index (Phi) is 3.80. The van der Waals surface area contributed by atoms with Crippen LogP contribution in [0.3, 0.4) is 0 Å². The van der Waals surface area contributed by atoms with Crippen LogP contribution in [0.15, 0.2) is 24.3 Å². The topological polar surface area (TPSA) is 58.6 Å². The molecule has 1 aromatic carbocycles. The summed E-state index contributed by atoms with van der Waals surface area (Å²) in [4.78, 5) is 25.5. The highest BCUT2D eigenvalue weighted by Crippen LogP contribution is 2.44. The lowest BCUT2D eigenvalue weighted by Crippen LogP contribution is -2.50. The number of fused-ring (bicyclic) bond motifs is 1. The van der Waals surface area contributed by atoms with Crippen LogP contribution in [0.2, 0.25) is 0 Å². The fraction of sp³-hybridized carbons (Fsp3) is 0.467. The van der Waals surface area contributed by atoms with Crippen molar-refractivity contribution >= 4 is 23.6 Å². The molecule has 0 spiro atoms. The van der Waals surface area contributed by atoms with Crippen molar-refractivity contribution in [1.29, 1.82) is 0 Å². The van der Waals surface area contributed by atoms with E-state index in [4.69, 9.17) is 4.74 Å². The Hall–Kier alpha value is -1.69. The first-order valence-electron chi connectivity index (χ1n) is 7.02. The van der Waals surface area contributed by atoms with Gasteiger partial charge in [0, 0.05) is 30.8 Å². The molecule has 2 saturated heterocycles. The number of hydrogen-bond donors (Lipinski definition) is 1. The van der Waals surface area contributed by atoms with Crippen LogP contribution in [-0.2, 0) is 16.1 Å². The first kappa shape index (κ1) is 14.3. The van der Waals surface area contributed by atoms with Crippen molar-refractivity contribution in [2.75, 3.05) is 19.4 Å². The van der Waals surface area contributed by atoms with Gasteiger partial charge in [0.2, 0.25) is 5.91 Å². The first-order valence-corrected chi connectivity index (χ1v) is 8.00. The van der Waals surface area contributed by atoms with Gasteiger partial charge in [-0.05, 0) is 12.5 Å². The molecule has 2 aliphatic heterocycles. The maximum atomic E-state index is 12.6. The monoisotopic (exact) mass is 306 g/mol. The number of nitrogens with one attached hydrogen (secondary N) is 1. The molecule has 0 aromatic heterocycles. The quantitative estimate of drug-likeness (QED) is 0.913. The molecular weight excluding hydrogens is 288 g/mol. The highest BCUT2D eigenvalue weighted by atomic mass is 32.2. The van der Waals surface area contributed by atoms with E-state index in [0.717, 1.165) is 17.1 Å². The molecule has 112 valence electrons. The number of thioether (sulfide) groups is 1. The average molecular weight is 306 g/mol. The summed E-state index contributed by atoms with van der Waals surface area (Å²) in [6, 6.07) is 7.61. The summed E-state index contributed by atoms with van der Waals surface area (Å²) in [6.07, 6.45) is 1.07. The van der Waals surface area contributed by atoms with E-state index in [9.17, 15) is 9.59 Å². The minimum atomic E-state index is -0.681. The van der Waals surface area contributed by atoms with E-state index in [1.54, 1.807) is 23.8 Å². The molecule has 2 aliphatic rings. The number of hydrogen-bond acceptors (Lipinski definition) is 4. The van der Waals surface area contributed by atoms with E-state index < -0.39 is 4.87 Å². The second-order valence-corrected chi connectivity index (χ2v) is 6.55. The van der Waals surface area contributed by atoms with Crippen molar-refractivity contribution < 1.29 is 14.3 Å². The second kappa shape index (κ2) is 5.60. The van der Waals surface area contributed by atoms with Crippen molar-refractivity contribution in [2.45, 2.75) is 24.3 Å². The van der Waals surface area contributed by atoms with Crippen LogP contribution in [0.25, 0.3) is 0 Å². The molecule has 5 nitrogen and oxygen atoms in total. The third-order valence-corrected chi connectivity index (χ3v) is 5.53. The van der Waals surface area contributed by atoms with Crippen LogP contribution in [-0.4, -0.2) is 41.0 Å². The molecule has 0 unspecified atom stereocenters. The number of carbonyl (C=O) groups excluding carboxylic acids is 2. The van der Waals surface area contributed by atoms with E-state index in [0.29, 0.717) is 25.9 Å². The van der Waals surface area contributed by atoms with Crippen molar-refractivity contribution in [1.82, 2.24) is 10.2 Å². The normalized spacial score (nSPS) is 24.0. The van der Waals surface area contributed by atoms with Crippen molar-refractivity contribution in [3.05, 3.63) is 29.8 Å². The summed E-state index contributed by atoms with van der Waals surface area (Å²) >= 11 is 1.58. The Morgan fingerprint density at radius 1 is 1.48 bits per heavy atom. The number of benzene rings is 1. The predicted octanol–water partition coefficient (Wildman–Crippen LogP) is 1.38. The zero-order chi connectivity index (χ0) is 14.9. The van der Waals surface area contributed by atoms with E-state index >= 15 is 0 Å². The summed E-state index contributed by atoms with van der Waals surface area (Å²) in [6.45, 7) is 1.08. The molecule has 0 radical (unpaired) electrons. The van der Waals surface area contributed by atoms with Gasteiger partial charge in [-0.3, -0.25) is 9.59 Å². The Morgan fingerprint density at radius 2 is 2.29 bits per heavy atom. The van der Waals surface area contributed by atoms with Gasteiger partial charge in [-0.1, -0.05) is 18.2 Å². The lowest BCUT2D eigenvalue weighted by Gasteiger charge is -2.29. The van der Waals surface area contributed by atoms with Crippen molar-refractivity contribution in [2.24, 2.45) is 0 Å². The maximum absolute atomic E-state index is 12.6. The third kappa shape index (κ3) is 2.37. The Balaban J connectivity index is 1.71.